The summed E-state index contributed by atoms with van der Waals surface area (Å²) in [6.45, 7) is 6.49. The third kappa shape index (κ3) is 31.5. The van der Waals surface area contributed by atoms with Gasteiger partial charge in [0.05, 0.1) is 119 Å². The molecule has 2 rings (SSSR count). The van der Waals surface area contributed by atoms with E-state index in [0.717, 1.165) is 0 Å². The fourth-order valence-electron chi connectivity index (χ4n) is 3.51. The minimum atomic E-state index is -0.874. The number of carbonyl (C=O) groups excluding carboxylic acids is 5. The Kier molecular flexibility index (Phi) is 33.5. The average Bonchev–Trinajstić information content (AvgIpc) is 3.64. The summed E-state index contributed by atoms with van der Waals surface area (Å²) in [5.41, 5.74) is 16.1. The van der Waals surface area contributed by atoms with Crippen LogP contribution in [0.3, 0.4) is 0 Å². The second-order valence-electron chi connectivity index (χ2n) is 10.3. The van der Waals surface area contributed by atoms with E-state index in [2.05, 4.69) is 20.1 Å². The number of hydroxylamine groups is 4. The molecule has 0 aromatic carbocycles. The maximum atomic E-state index is 11.5. The number of aliphatic carboxylic acids is 1. The zero-order chi connectivity index (χ0) is 40.8. The van der Waals surface area contributed by atoms with Crippen molar-refractivity contribution in [3.63, 3.8) is 0 Å². The van der Waals surface area contributed by atoms with Crippen LogP contribution in [0.15, 0.2) is 10.2 Å². The van der Waals surface area contributed by atoms with Gasteiger partial charge in [0.1, 0.15) is 0 Å². The number of nitrogens with zero attached hydrogens (tertiary/aromatic N) is 8. The van der Waals surface area contributed by atoms with E-state index >= 15 is 0 Å². The Morgan fingerprint density at radius 1 is 0.527 bits per heavy atom. The van der Waals surface area contributed by atoms with E-state index in [1.165, 1.54) is 0 Å². The fraction of sp³-hybridized carbons (Fsp3) is 0.800. The van der Waals surface area contributed by atoms with Crippen molar-refractivity contribution in [1.82, 2.24) is 10.1 Å². The lowest BCUT2D eigenvalue weighted by Gasteiger charge is -2.12. The van der Waals surface area contributed by atoms with Crippen LogP contribution >= 0.6 is 0 Å². The van der Waals surface area contributed by atoms with Gasteiger partial charge in [-0.1, -0.05) is 10.2 Å². The fourth-order valence-corrected chi connectivity index (χ4v) is 3.51. The number of carbonyl (C=O) groups is 6. The second kappa shape index (κ2) is 36.5. The molecule has 0 aromatic heterocycles. The van der Waals surface area contributed by atoms with Crippen molar-refractivity contribution in [2.24, 2.45) is 10.2 Å². The Morgan fingerprint density at radius 2 is 0.836 bits per heavy atom. The Balaban J connectivity index is 0.000000906. The highest BCUT2D eigenvalue weighted by Crippen LogP contribution is 2.12. The normalized spacial score (nSPS) is 13.4. The molecule has 2 N–H and O–H groups in total. The first-order valence-electron chi connectivity index (χ1n) is 17.1. The van der Waals surface area contributed by atoms with Gasteiger partial charge in [-0.3, -0.25) is 29.2 Å². The van der Waals surface area contributed by atoms with Crippen molar-refractivity contribution in [2.45, 2.75) is 38.5 Å². The van der Waals surface area contributed by atoms with Crippen LogP contribution in [-0.4, -0.2) is 175 Å². The first-order chi connectivity index (χ1) is 26.6. The Labute approximate surface area is 316 Å². The number of azide groups is 2. The molecule has 312 valence electrons. The molecule has 0 unspecified atom stereocenters. The number of amides is 4. The standard InChI is InChI=1S/C15H24N4O8.C11H21N3O6.C4H5NO3/c16-18-17-4-6-24-8-10-26-12-11-25-9-7-23-5-3-15(22)27-19-13(20)1-2-14(19)21;12-14-13-2-4-18-6-8-20-10-9-19-7-5-17-3-1-11(15)16;6-3-1-2-4(7)5(3)8/h1-12H2;1-10H2,(H,15,16);8H,1-2H2. The van der Waals surface area contributed by atoms with Gasteiger partial charge >= 0.3 is 11.9 Å². The van der Waals surface area contributed by atoms with E-state index in [9.17, 15) is 28.8 Å². The minimum Gasteiger partial charge on any atom is -0.481 e. The van der Waals surface area contributed by atoms with Gasteiger partial charge in [0.25, 0.3) is 23.6 Å². The zero-order valence-electron chi connectivity index (χ0n) is 30.6. The third-order valence-electron chi connectivity index (χ3n) is 6.16. The largest absolute Gasteiger partial charge is 0.481 e. The summed E-state index contributed by atoms with van der Waals surface area (Å²) in [5.74, 6) is -3.60. The number of hydrogen-bond acceptors (Lipinski definition) is 18. The predicted octanol–water partition coefficient (Wildman–Crippen LogP) is 0.723. The second-order valence-corrected chi connectivity index (χ2v) is 10.3. The van der Waals surface area contributed by atoms with Gasteiger partial charge in [-0.2, -0.15) is 5.06 Å². The molecule has 25 heteroatoms. The molecular weight excluding hydrogens is 744 g/mol. The van der Waals surface area contributed by atoms with Gasteiger partial charge in [0.2, 0.25) is 0 Å². The van der Waals surface area contributed by atoms with Crippen molar-refractivity contribution >= 4 is 35.6 Å². The summed E-state index contributed by atoms with van der Waals surface area (Å²) >= 11 is 0. The molecule has 0 aliphatic carbocycles. The van der Waals surface area contributed by atoms with Gasteiger partial charge in [-0.15, -0.1) is 5.06 Å². The molecule has 25 nitrogen and oxygen atoms in total. The van der Waals surface area contributed by atoms with Crippen LogP contribution in [0.25, 0.3) is 20.9 Å². The van der Waals surface area contributed by atoms with Crippen LogP contribution in [0.1, 0.15) is 38.5 Å². The smallest absolute Gasteiger partial charge is 0.335 e. The number of hydrogen-bond donors (Lipinski definition) is 2. The van der Waals surface area contributed by atoms with E-state index in [4.69, 9.17) is 64.1 Å². The molecule has 2 saturated heterocycles. The van der Waals surface area contributed by atoms with Crippen molar-refractivity contribution in [3.05, 3.63) is 20.9 Å². The van der Waals surface area contributed by atoms with E-state index in [-0.39, 0.29) is 63.4 Å². The van der Waals surface area contributed by atoms with Gasteiger partial charge in [-0.05, 0) is 11.1 Å². The van der Waals surface area contributed by atoms with Crippen LogP contribution in [0.4, 0.5) is 0 Å². The molecule has 4 amide bonds. The summed E-state index contributed by atoms with van der Waals surface area (Å²) in [7, 11) is 0. The van der Waals surface area contributed by atoms with Gasteiger partial charge in [0, 0.05) is 48.6 Å². The minimum absolute atomic E-state index is 0.00277. The number of rotatable bonds is 31. The Bertz CT molecular complexity index is 1170. The number of carboxylic acid groups (broad SMARTS) is 1. The summed E-state index contributed by atoms with van der Waals surface area (Å²) in [6, 6.07) is 0. The molecule has 0 bridgehead atoms. The van der Waals surface area contributed by atoms with Crippen molar-refractivity contribution < 1.29 is 81.8 Å². The maximum Gasteiger partial charge on any atom is 0.335 e. The maximum absolute atomic E-state index is 11.5. The van der Waals surface area contributed by atoms with Crippen LogP contribution in [-0.2, 0) is 71.5 Å². The lowest BCUT2D eigenvalue weighted by Crippen LogP contribution is -2.32. The first-order valence-corrected chi connectivity index (χ1v) is 17.1. The van der Waals surface area contributed by atoms with Gasteiger partial charge in [0.15, 0.2) is 0 Å². The molecule has 0 spiro atoms. The van der Waals surface area contributed by atoms with E-state index < -0.39 is 35.6 Å². The monoisotopic (exact) mass is 794 g/mol. The first kappa shape index (κ1) is 50.5. The Hall–Kier alpha value is -4.52. The van der Waals surface area contributed by atoms with Crippen LogP contribution in [0.2, 0.25) is 0 Å². The van der Waals surface area contributed by atoms with Crippen LogP contribution in [0.5, 0.6) is 0 Å². The highest BCUT2D eigenvalue weighted by atomic mass is 16.7. The van der Waals surface area contributed by atoms with E-state index in [1.807, 2.05) is 0 Å². The van der Waals surface area contributed by atoms with Crippen LogP contribution in [0, 0.1) is 0 Å². The number of carboxylic acids is 1. The average molecular weight is 795 g/mol. The topological polar surface area (TPSA) is 330 Å². The highest BCUT2D eigenvalue weighted by molar-refractivity contribution is 6.01. The lowest BCUT2D eigenvalue weighted by molar-refractivity contribution is -0.198. The third-order valence-corrected chi connectivity index (χ3v) is 6.16. The summed E-state index contributed by atoms with van der Waals surface area (Å²) in [5, 5.41) is 24.1. The zero-order valence-corrected chi connectivity index (χ0v) is 30.6. The predicted molar refractivity (Wildman–Crippen MR) is 182 cm³/mol. The quantitative estimate of drug-likeness (QED) is 0.0244. The van der Waals surface area contributed by atoms with Gasteiger partial charge in [-0.25, -0.2) is 4.79 Å². The molecule has 2 aliphatic heterocycles. The van der Waals surface area contributed by atoms with Crippen molar-refractivity contribution in [1.29, 1.82) is 0 Å². The van der Waals surface area contributed by atoms with E-state index in [1.54, 1.807) is 0 Å². The molecule has 0 atom stereocenters. The van der Waals surface area contributed by atoms with Gasteiger partial charge < -0.3 is 47.8 Å². The molecule has 55 heavy (non-hydrogen) atoms. The number of imide groups is 2. The Morgan fingerprint density at radius 3 is 1.15 bits per heavy atom. The van der Waals surface area contributed by atoms with Crippen LogP contribution < -0.4 is 0 Å². The molecular formula is C30H50N8O17. The van der Waals surface area contributed by atoms with Crippen molar-refractivity contribution in [3.8, 4) is 0 Å². The van der Waals surface area contributed by atoms with E-state index in [0.29, 0.717) is 104 Å². The molecule has 2 fully saturated rings. The molecule has 0 radical (unpaired) electrons. The highest BCUT2D eigenvalue weighted by Gasteiger charge is 2.32. The SMILES string of the molecule is O=C1CCC(=O)N1O.[N-]=[N+]=NCCOCCOCCOCCOCCC(=O)O.[N-]=[N+]=NCCOCCOCCOCCOCCC(=O)ON1C(=O)CCC1=O. The number of ether oxygens (including phenoxy) is 8. The lowest BCUT2D eigenvalue weighted by atomic mass is 10.4. The molecule has 0 saturated carbocycles. The summed E-state index contributed by atoms with van der Waals surface area (Å²) < 4.78 is 41.5. The summed E-state index contributed by atoms with van der Waals surface area (Å²) in [4.78, 5) is 74.6. The van der Waals surface area contributed by atoms with Crippen molar-refractivity contribution in [2.75, 3.05) is 119 Å². The molecule has 2 aliphatic rings. The summed E-state index contributed by atoms with van der Waals surface area (Å²) in [6.07, 6.45) is 0.357. The molecule has 0 aromatic rings. The molecule has 2 heterocycles.